The topological polar surface area (TPSA) is 29.1 Å². The zero-order chi connectivity index (χ0) is 14.0. The van der Waals surface area contributed by atoms with Crippen molar-refractivity contribution in [3.63, 3.8) is 0 Å². The van der Waals surface area contributed by atoms with Crippen molar-refractivity contribution in [1.29, 1.82) is 0 Å². The number of hydrogen-bond acceptors (Lipinski definition) is 1. The van der Waals surface area contributed by atoms with Gasteiger partial charge < -0.3 is 5.32 Å². The number of nitrogens with one attached hydrogen (secondary N) is 1. The second-order valence-electron chi connectivity index (χ2n) is 3.74. The Kier molecular flexibility index (Phi) is 4.31. The number of benzene rings is 2. The van der Waals surface area contributed by atoms with E-state index in [-0.39, 0.29) is 5.69 Å². The number of anilines is 1. The molecule has 2 nitrogen and oxygen atoms in total. The van der Waals surface area contributed by atoms with E-state index in [0.29, 0.717) is 14.5 Å². The molecule has 98 valence electrons. The lowest BCUT2D eigenvalue weighted by Gasteiger charge is -2.07. The third-order valence-electron chi connectivity index (χ3n) is 2.30. The number of carbonyl (C=O) groups excluding carboxylic acids is 1. The molecule has 0 fully saturated rings. The maximum Gasteiger partial charge on any atom is 0.255 e. The van der Waals surface area contributed by atoms with Crippen molar-refractivity contribution < 1.29 is 13.6 Å². The van der Waals surface area contributed by atoms with E-state index in [1.807, 2.05) is 0 Å². The molecule has 0 atom stereocenters. The molecule has 0 aliphatic carbocycles. The molecule has 0 saturated carbocycles. The van der Waals surface area contributed by atoms with Gasteiger partial charge in [0.25, 0.3) is 5.91 Å². The van der Waals surface area contributed by atoms with Crippen LogP contribution in [0, 0.1) is 11.6 Å². The minimum atomic E-state index is -0.691. The van der Waals surface area contributed by atoms with Crippen molar-refractivity contribution in [2.75, 3.05) is 5.32 Å². The Balaban J connectivity index is 2.28. The van der Waals surface area contributed by atoms with E-state index in [2.05, 4.69) is 37.2 Å². The van der Waals surface area contributed by atoms with Gasteiger partial charge in [0, 0.05) is 20.6 Å². The zero-order valence-corrected chi connectivity index (χ0v) is 12.6. The van der Waals surface area contributed by atoms with Gasteiger partial charge in [-0.3, -0.25) is 4.79 Å². The molecule has 0 spiro atoms. The fourth-order valence-corrected chi connectivity index (χ4v) is 2.77. The molecule has 0 radical (unpaired) electrons. The second-order valence-corrected chi connectivity index (χ2v) is 5.57. The summed E-state index contributed by atoms with van der Waals surface area (Å²) in [5.41, 5.74) is 0.131. The Hall–Kier alpha value is -1.27. The molecule has 0 aliphatic rings. The summed E-state index contributed by atoms with van der Waals surface area (Å²) in [5.74, 6) is -1.83. The lowest BCUT2D eigenvalue weighted by molar-refractivity contribution is 0.102. The van der Waals surface area contributed by atoms with Crippen LogP contribution < -0.4 is 5.32 Å². The van der Waals surface area contributed by atoms with Crippen molar-refractivity contribution in [3.8, 4) is 0 Å². The van der Waals surface area contributed by atoms with Crippen molar-refractivity contribution in [3.05, 3.63) is 62.5 Å². The van der Waals surface area contributed by atoms with Crippen LogP contribution in [0.2, 0.25) is 0 Å². The van der Waals surface area contributed by atoms with E-state index in [4.69, 9.17) is 0 Å². The van der Waals surface area contributed by atoms with Crippen molar-refractivity contribution in [2.24, 2.45) is 0 Å². The molecule has 1 amide bonds. The lowest BCUT2D eigenvalue weighted by atomic mass is 10.2. The Morgan fingerprint density at radius 2 is 1.63 bits per heavy atom. The zero-order valence-electron chi connectivity index (χ0n) is 9.38. The van der Waals surface area contributed by atoms with Crippen LogP contribution in [0.4, 0.5) is 14.5 Å². The third kappa shape index (κ3) is 3.61. The monoisotopic (exact) mass is 389 g/mol. The molecule has 6 heteroatoms. The Morgan fingerprint density at radius 3 is 2.26 bits per heavy atom. The van der Waals surface area contributed by atoms with Gasteiger partial charge in [-0.15, -0.1) is 0 Å². The van der Waals surface area contributed by atoms with Crippen molar-refractivity contribution in [2.45, 2.75) is 0 Å². The maximum atomic E-state index is 13.4. The van der Waals surface area contributed by atoms with Gasteiger partial charge in [-0.2, -0.15) is 0 Å². The number of halogens is 4. The molecular formula is C13H7Br2F2NO. The van der Waals surface area contributed by atoms with Crippen LogP contribution in [0.1, 0.15) is 10.4 Å². The quantitative estimate of drug-likeness (QED) is 0.788. The highest BCUT2D eigenvalue weighted by molar-refractivity contribution is 9.11. The van der Waals surface area contributed by atoms with Gasteiger partial charge in [0.1, 0.15) is 11.6 Å². The van der Waals surface area contributed by atoms with Gasteiger partial charge >= 0.3 is 0 Å². The third-order valence-corrected chi connectivity index (χ3v) is 3.22. The first-order chi connectivity index (χ1) is 8.95. The van der Waals surface area contributed by atoms with E-state index in [0.717, 1.165) is 18.2 Å². The Bertz CT molecular complexity index is 626. The molecule has 19 heavy (non-hydrogen) atoms. The molecule has 0 unspecified atom stereocenters. The molecule has 0 aliphatic heterocycles. The number of amides is 1. The summed E-state index contributed by atoms with van der Waals surface area (Å²) in [4.78, 5) is 11.9. The van der Waals surface area contributed by atoms with Gasteiger partial charge in [-0.25, -0.2) is 8.78 Å². The van der Waals surface area contributed by atoms with Crippen LogP contribution >= 0.6 is 31.9 Å². The second kappa shape index (κ2) is 5.79. The number of rotatable bonds is 2. The molecule has 0 aromatic heterocycles. The average Bonchev–Trinajstić information content (AvgIpc) is 2.32. The Morgan fingerprint density at radius 1 is 1.00 bits per heavy atom. The normalized spacial score (nSPS) is 10.3. The number of carbonyl (C=O) groups is 1. The molecule has 1 N–H and O–H groups in total. The van der Waals surface area contributed by atoms with Crippen LogP contribution in [0.3, 0.4) is 0 Å². The van der Waals surface area contributed by atoms with E-state index in [9.17, 15) is 13.6 Å². The SMILES string of the molecule is O=C(Nc1cc(F)ccc1F)c1cc(Br)cc(Br)c1. The maximum absolute atomic E-state index is 13.4. The molecular weight excluding hydrogens is 384 g/mol. The first-order valence-corrected chi connectivity index (χ1v) is 6.77. The molecule has 2 aromatic rings. The van der Waals surface area contributed by atoms with E-state index < -0.39 is 17.5 Å². The highest BCUT2D eigenvalue weighted by atomic mass is 79.9. The van der Waals surface area contributed by atoms with Crippen molar-refractivity contribution >= 4 is 43.5 Å². The summed E-state index contributed by atoms with van der Waals surface area (Å²) in [6.07, 6.45) is 0. The van der Waals surface area contributed by atoms with Crippen LogP contribution in [-0.2, 0) is 0 Å². The van der Waals surface area contributed by atoms with Crippen LogP contribution in [-0.4, -0.2) is 5.91 Å². The van der Waals surface area contributed by atoms with Gasteiger partial charge in [-0.1, -0.05) is 31.9 Å². The average molecular weight is 391 g/mol. The first-order valence-electron chi connectivity index (χ1n) is 5.18. The fourth-order valence-electron chi connectivity index (χ4n) is 1.47. The van der Waals surface area contributed by atoms with E-state index >= 15 is 0 Å². The van der Waals surface area contributed by atoms with Gasteiger partial charge in [0.2, 0.25) is 0 Å². The minimum absolute atomic E-state index is 0.193. The Labute approximate surface area is 125 Å². The lowest BCUT2D eigenvalue weighted by Crippen LogP contribution is -2.13. The highest BCUT2D eigenvalue weighted by Gasteiger charge is 2.11. The minimum Gasteiger partial charge on any atom is -0.319 e. The molecule has 0 bridgehead atoms. The van der Waals surface area contributed by atoms with Crippen LogP contribution in [0.25, 0.3) is 0 Å². The summed E-state index contributed by atoms with van der Waals surface area (Å²) < 4.78 is 27.8. The summed E-state index contributed by atoms with van der Waals surface area (Å²) >= 11 is 6.50. The molecule has 2 rings (SSSR count). The summed E-state index contributed by atoms with van der Waals surface area (Å²) in [7, 11) is 0. The summed E-state index contributed by atoms with van der Waals surface area (Å²) in [6.45, 7) is 0. The molecule has 0 saturated heterocycles. The van der Waals surface area contributed by atoms with Crippen LogP contribution in [0.15, 0.2) is 45.3 Å². The van der Waals surface area contributed by atoms with Gasteiger partial charge in [0.05, 0.1) is 5.69 Å². The number of hydrogen-bond donors (Lipinski definition) is 1. The highest BCUT2D eigenvalue weighted by Crippen LogP contribution is 2.22. The van der Waals surface area contributed by atoms with Gasteiger partial charge in [-0.05, 0) is 30.3 Å². The van der Waals surface area contributed by atoms with E-state index in [1.165, 1.54) is 0 Å². The predicted molar refractivity (Wildman–Crippen MR) is 76.2 cm³/mol. The first kappa shape index (κ1) is 14.1. The van der Waals surface area contributed by atoms with Crippen molar-refractivity contribution in [1.82, 2.24) is 0 Å². The summed E-state index contributed by atoms with van der Waals surface area (Å²) in [5, 5.41) is 2.33. The van der Waals surface area contributed by atoms with Crippen LogP contribution in [0.5, 0.6) is 0 Å². The smallest absolute Gasteiger partial charge is 0.255 e. The largest absolute Gasteiger partial charge is 0.319 e. The predicted octanol–water partition coefficient (Wildman–Crippen LogP) is 4.74. The van der Waals surface area contributed by atoms with E-state index in [1.54, 1.807) is 18.2 Å². The standard InChI is InChI=1S/C13H7Br2F2NO/c14-8-3-7(4-9(15)5-8)13(19)18-12-6-10(16)1-2-11(12)17/h1-6H,(H,18,19). The van der Waals surface area contributed by atoms with Gasteiger partial charge in [0.15, 0.2) is 0 Å². The summed E-state index contributed by atoms with van der Waals surface area (Å²) in [6, 6.07) is 7.80. The molecule has 2 aromatic carbocycles. The fraction of sp³-hybridized carbons (Fsp3) is 0. The molecule has 0 heterocycles.